The zero-order chi connectivity index (χ0) is 13.3. The van der Waals surface area contributed by atoms with Crippen molar-refractivity contribution in [2.24, 2.45) is 0 Å². The Morgan fingerprint density at radius 3 is 2.61 bits per heavy atom. The van der Waals surface area contributed by atoms with E-state index in [2.05, 4.69) is 41.6 Å². The zero-order valence-corrected chi connectivity index (χ0v) is 14.1. The lowest BCUT2D eigenvalue weighted by molar-refractivity contribution is 0.601. The van der Waals surface area contributed by atoms with Gasteiger partial charge in [0.05, 0.1) is 7.57 Å². The molecule has 0 saturated carbocycles. The molecule has 0 aliphatic heterocycles. The van der Waals surface area contributed by atoms with E-state index in [0.717, 1.165) is 0 Å². The number of rotatable bonds is 3. The van der Waals surface area contributed by atoms with Crippen molar-refractivity contribution < 1.29 is 8.42 Å². The van der Waals surface area contributed by atoms with Gasteiger partial charge in [-0.15, -0.1) is 11.3 Å². The van der Waals surface area contributed by atoms with Crippen molar-refractivity contribution in [3.8, 4) is 0 Å². The maximum Gasteiger partial charge on any atom is 0.265 e. The number of nitrogens with one attached hydrogen (secondary N) is 1. The Hall–Kier alpha value is -0.150. The molecule has 2 aromatic heterocycles. The van der Waals surface area contributed by atoms with E-state index in [1.807, 2.05) is 0 Å². The number of aromatic nitrogens is 1. The van der Waals surface area contributed by atoms with Crippen molar-refractivity contribution in [2.45, 2.75) is 4.90 Å². The molecule has 0 atom stereocenters. The van der Waals surface area contributed by atoms with Gasteiger partial charge in [-0.05, 0) is 44.0 Å². The van der Waals surface area contributed by atoms with Gasteiger partial charge in [-0.2, -0.15) is 0 Å². The fraction of sp³-hybridized carbons (Fsp3) is 0. The lowest BCUT2D eigenvalue weighted by Crippen LogP contribution is -2.13. The Bertz CT molecular complexity index is 688. The summed E-state index contributed by atoms with van der Waals surface area (Å²) in [5, 5.41) is 0.410. The third-order valence-corrected chi connectivity index (χ3v) is 6.22. The van der Waals surface area contributed by atoms with Crippen molar-refractivity contribution in [3.05, 3.63) is 37.0 Å². The van der Waals surface area contributed by atoms with Crippen molar-refractivity contribution in [1.82, 2.24) is 4.98 Å². The molecule has 0 amide bonds. The number of sulfonamides is 1. The number of hydrogen-bond donors (Lipinski definition) is 1. The third kappa shape index (κ3) is 3.24. The maximum atomic E-state index is 12.1. The average Bonchev–Trinajstić information content (AvgIpc) is 2.58. The van der Waals surface area contributed by atoms with Crippen LogP contribution in [-0.2, 0) is 10.0 Å². The molecule has 4 nitrogen and oxygen atoms in total. The molecule has 2 rings (SSSR count). The van der Waals surface area contributed by atoms with Crippen molar-refractivity contribution in [3.63, 3.8) is 0 Å². The van der Waals surface area contributed by atoms with Crippen LogP contribution in [0, 0.1) is 0 Å². The summed E-state index contributed by atoms with van der Waals surface area (Å²) in [4.78, 5) is 4.04. The number of thiophene rings is 1. The maximum absolute atomic E-state index is 12.1. The summed E-state index contributed by atoms with van der Waals surface area (Å²) in [6.07, 6.45) is 1.43. The summed E-state index contributed by atoms with van der Waals surface area (Å²) in [7, 11) is -3.68. The minimum absolute atomic E-state index is 0.154. The second kappa shape index (κ2) is 5.46. The van der Waals surface area contributed by atoms with Gasteiger partial charge in [0.1, 0.15) is 10.7 Å². The van der Waals surface area contributed by atoms with Crippen LogP contribution in [0.2, 0.25) is 5.02 Å². The minimum atomic E-state index is -3.68. The molecule has 0 aromatic carbocycles. The summed E-state index contributed by atoms with van der Waals surface area (Å²) in [5.41, 5.74) is 0. The smallest absolute Gasteiger partial charge is 0.263 e. The first-order valence-corrected chi connectivity index (χ1v) is 8.74. The molecule has 1 N–H and O–H groups in total. The first-order valence-electron chi connectivity index (χ1n) is 4.48. The lowest BCUT2D eigenvalue weighted by atomic mass is 10.5. The molecule has 0 aliphatic rings. The number of pyridine rings is 1. The Morgan fingerprint density at radius 2 is 2.06 bits per heavy atom. The average molecular weight is 433 g/mol. The van der Waals surface area contributed by atoms with Gasteiger partial charge >= 0.3 is 0 Å². The van der Waals surface area contributed by atoms with Crippen molar-refractivity contribution >= 4 is 70.6 Å². The molecule has 96 valence electrons. The van der Waals surface area contributed by atoms with Gasteiger partial charge in [-0.25, -0.2) is 13.4 Å². The van der Waals surface area contributed by atoms with Crippen LogP contribution in [-0.4, -0.2) is 13.4 Å². The van der Waals surface area contributed by atoms with Gasteiger partial charge < -0.3 is 0 Å². The van der Waals surface area contributed by atoms with Gasteiger partial charge in [-0.3, -0.25) is 4.72 Å². The largest absolute Gasteiger partial charge is 0.265 e. The van der Waals surface area contributed by atoms with Gasteiger partial charge in [-0.1, -0.05) is 11.6 Å². The standard InChI is InChI=1S/C9H5Br2ClN2O2S2/c10-7-4-6(9(11)17-7)18(15,16)14-8-3-5(12)1-2-13-8/h1-4H,(H,13,14). The predicted molar refractivity (Wildman–Crippen MR) is 79.8 cm³/mol. The normalized spacial score (nSPS) is 11.5. The van der Waals surface area contributed by atoms with E-state index in [1.165, 1.54) is 29.7 Å². The molecule has 0 unspecified atom stereocenters. The summed E-state index contributed by atoms with van der Waals surface area (Å²) >= 11 is 13.5. The fourth-order valence-electron chi connectivity index (χ4n) is 1.16. The van der Waals surface area contributed by atoms with Crippen LogP contribution in [0.1, 0.15) is 0 Å². The second-order valence-corrected chi connectivity index (χ2v) is 8.99. The zero-order valence-electron chi connectivity index (χ0n) is 8.52. The predicted octanol–water partition coefficient (Wildman–Crippen LogP) is 4.12. The molecule has 0 fully saturated rings. The minimum Gasteiger partial charge on any atom is -0.263 e. The van der Waals surface area contributed by atoms with Crippen LogP contribution in [0.4, 0.5) is 5.82 Å². The summed E-state index contributed by atoms with van der Waals surface area (Å²) < 4.78 is 27.8. The monoisotopic (exact) mass is 430 g/mol. The third-order valence-electron chi connectivity index (χ3n) is 1.88. The number of halogens is 3. The molecular formula is C9H5Br2ClN2O2S2. The molecule has 0 aliphatic carbocycles. The SMILES string of the molecule is O=S(=O)(Nc1cc(Cl)ccn1)c1cc(Br)sc1Br. The molecule has 0 spiro atoms. The Labute approximate surface area is 130 Å². The van der Waals surface area contributed by atoms with E-state index >= 15 is 0 Å². The molecular weight excluding hydrogens is 428 g/mol. The Morgan fingerprint density at radius 1 is 1.33 bits per heavy atom. The molecule has 2 aromatic rings. The molecule has 9 heteroatoms. The highest BCUT2D eigenvalue weighted by Crippen LogP contribution is 2.35. The van der Waals surface area contributed by atoms with E-state index in [0.29, 0.717) is 12.6 Å². The van der Waals surface area contributed by atoms with Crippen LogP contribution in [0.5, 0.6) is 0 Å². The quantitative estimate of drug-likeness (QED) is 0.794. The van der Waals surface area contributed by atoms with Gasteiger partial charge in [0.15, 0.2) is 0 Å². The first kappa shape index (κ1) is 14.3. The topological polar surface area (TPSA) is 59.1 Å². The van der Waals surface area contributed by atoms with Crippen LogP contribution < -0.4 is 4.72 Å². The highest BCUT2D eigenvalue weighted by atomic mass is 79.9. The molecule has 18 heavy (non-hydrogen) atoms. The number of nitrogens with zero attached hydrogens (tertiary/aromatic N) is 1. The Balaban J connectivity index is 2.36. The summed E-state index contributed by atoms with van der Waals surface area (Å²) in [6.45, 7) is 0. The van der Waals surface area contributed by atoms with Gasteiger partial charge in [0.2, 0.25) is 0 Å². The van der Waals surface area contributed by atoms with Crippen LogP contribution in [0.3, 0.4) is 0 Å². The van der Waals surface area contributed by atoms with E-state index in [9.17, 15) is 8.42 Å². The fourth-order valence-corrected chi connectivity index (χ4v) is 6.13. The van der Waals surface area contributed by atoms with Crippen LogP contribution >= 0.6 is 54.8 Å². The highest BCUT2D eigenvalue weighted by Gasteiger charge is 2.21. The second-order valence-electron chi connectivity index (χ2n) is 3.15. The van der Waals surface area contributed by atoms with E-state index in [-0.39, 0.29) is 10.7 Å². The summed E-state index contributed by atoms with van der Waals surface area (Å²) in [5.74, 6) is 0.178. The van der Waals surface area contributed by atoms with E-state index in [1.54, 1.807) is 6.07 Å². The van der Waals surface area contributed by atoms with Gasteiger partial charge in [0.25, 0.3) is 10.0 Å². The first-order chi connectivity index (χ1) is 8.38. The number of hydrogen-bond acceptors (Lipinski definition) is 4. The molecule has 0 radical (unpaired) electrons. The van der Waals surface area contributed by atoms with E-state index < -0.39 is 10.0 Å². The van der Waals surface area contributed by atoms with Crippen molar-refractivity contribution in [2.75, 3.05) is 4.72 Å². The lowest BCUT2D eigenvalue weighted by Gasteiger charge is -2.06. The van der Waals surface area contributed by atoms with Crippen molar-refractivity contribution in [1.29, 1.82) is 0 Å². The van der Waals surface area contributed by atoms with Crippen LogP contribution in [0.15, 0.2) is 36.9 Å². The molecule has 2 heterocycles. The van der Waals surface area contributed by atoms with Gasteiger partial charge in [0, 0.05) is 17.3 Å². The van der Waals surface area contributed by atoms with Crippen LogP contribution in [0.25, 0.3) is 0 Å². The number of anilines is 1. The summed E-state index contributed by atoms with van der Waals surface area (Å²) in [6, 6.07) is 4.52. The molecule has 0 bridgehead atoms. The van der Waals surface area contributed by atoms with E-state index in [4.69, 9.17) is 11.6 Å². The Kier molecular flexibility index (Phi) is 4.32. The molecule has 0 saturated heterocycles. The highest BCUT2D eigenvalue weighted by molar-refractivity contribution is 9.12.